The Labute approximate surface area is 103 Å². The largest absolute Gasteiger partial charge is 0.462 e. The summed E-state index contributed by atoms with van der Waals surface area (Å²) >= 11 is 0. The zero-order valence-electron chi connectivity index (χ0n) is 9.70. The van der Waals surface area contributed by atoms with E-state index in [0.717, 1.165) is 0 Å². The molecule has 0 saturated carbocycles. The number of hydrogen-bond donors (Lipinski definition) is 2. The Bertz CT molecular complexity index is 559. The van der Waals surface area contributed by atoms with Crippen LogP contribution >= 0.6 is 0 Å². The minimum absolute atomic E-state index is 0.0400. The molecule has 0 bridgehead atoms. The number of esters is 1. The van der Waals surface area contributed by atoms with Crippen molar-refractivity contribution in [1.29, 1.82) is 0 Å². The van der Waals surface area contributed by atoms with Gasteiger partial charge in [0.05, 0.1) is 18.4 Å². The van der Waals surface area contributed by atoms with Gasteiger partial charge in [-0.05, 0) is 6.92 Å². The summed E-state index contributed by atoms with van der Waals surface area (Å²) in [7, 11) is 0. The third-order valence-electron chi connectivity index (χ3n) is 2.08. The Kier molecular flexibility index (Phi) is 3.09. The molecule has 4 N–H and O–H groups in total. The zero-order valence-corrected chi connectivity index (χ0v) is 9.70. The van der Waals surface area contributed by atoms with E-state index >= 15 is 0 Å². The number of nitrogens with zero attached hydrogens (tertiary/aromatic N) is 4. The van der Waals surface area contributed by atoms with Gasteiger partial charge in [0.1, 0.15) is 5.82 Å². The monoisotopic (exact) mass is 248 g/mol. The first kappa shape index (κ1) is 11.8. The molecule has 0 aliphatic carbocycles. The highest BCUT2D eigenvalue weighted by atomic mass is 16.5. The van der Waals surface area contributed by atoms with Crippen LogP contribution in [0.3, 0.4) is 0 Å². The molecule has 0 atom stereocenters. The molecule has 2 aromatic heterocycles. The van der Waals surface area contributed by atoms with E-state index in [1.807, 2.05) is 0 Å². The molecule has 2 heterocycles. The van der Waals surface area contributed by atoms with Gasteiger partial charge in [0, 0.05) is 12.3 Å². The molecule has 8 heteroatoms. The maximum atomic E-state index is 11.5. The van der Waals surface area contributed by atoms with Crippen molar-refractivity contribution in [2.75, 3.05) is 18.1 Å². The quantitative estimate of drug-likeness (QED) is 0.733. The number of hydrogen-bond acceptors (Lipinski definition) is 7. The van der Waals surface area contributed by atoms with Crippen molar-refractivity contribution in [1.82, 2.24) is 19.7 Å². The van der Waals surface area contributed by atoms with E-state index in [2.05, 4.69) is 15.1 Å². The van der Waals surface area contributed by atoms with Crippen LogP contribution < -0.4 is 11.5 Å². The number of aromatic nitrogens is 4. The third-order valence-corrected chi connectivity index (χ3v) is 2.08. The second-order valence-corrected chi connectivity index (χ2v) is 3.40. The van der Waals surface area contributed by atoms with Crippen molar-refractivity contribution < 1.29 is 9.53 Å². The molecule has 8 nitrogen and oxygen atoms in total. The van der Waals surface area contributed by atoms with Crippen LogP contribution in [-0.2, 0) is 4.74 Å². The van der Waals surface area contributed by atoms with Gasteiger partial charge in [0.2, 0.25) is 5.95 Å². The van der Waals surface area contributed by atoms with Gasteiger partial charge in [0.25, 0.3) is 0 Å². The number of rotatable bonds is 3. The van der Waals surface area contributed by atoms with E-state index in [9.17, 15) is 4.79 Å². The zero-order chi connectivity index (χ0) is 13.1. The maximum Gasteiger partial charge on any atom is 0.341 e. The second kappa shape index (κ2) is 4.70. The topological polar surface area (TPSA) is 122 Å². The van der Waals surface area contributed by atoms with Crippen molar-refractivity contribution in [2.24, 2.45) is 0 Å². The van der Waals surface area contributed by atoms with Gasteiger partial charge in [-0.1, -0.05) is 0 Å². The maximum absolute atomic E-state index is 11.5. The summed E-state index contributed by atoms with van der Waals surface area (Å²) in [4.78, 5) is 19.2. The van der Waals surface area contributed by atoms with E-state index in [1.54, 1.807) is 6.92 Å². The molecule has 0 amide bonds. The molecule has 18 heavy (non-hydrogen) atoms. The average Bonchev–Trinajstić information content (AvgIpc) is 2.77. The molecular formula is C10H12N6O2. The summed E-state index contributed by atoms with van der Waals surface area (Å²) in [6.45, 7) is 2.03. The molecule has 0 unspecified atom stereocenters. The molecule has 0 aliphatic rings. The summed E-state index contributed by atoms with van der Waals surface area (Å²) in [5.41, 5.74) is 11.3. The highest BCUT2D eigenvalue weighted by molar-refractivity contribution is 5.88. The van der Waals surface area contributed by atoms with Crippen LogP contribution in [0.5, 0.6) is 0 Å². The Morgan fingerprint density at radius 2 is 2.22 bits per heavy atom. The van der Waals surface area contributed by atoms with Crippen LogP contribution in [0.2, 0.25) is 0 Å². The fourth-order valence-corrected chi connectivity index (χ4v) is 1.36. The molecule has 2 aromatic rings. The molecule has 0 fully saturated rings. The van der Waals surface area contributed by atoms with Gasteiger partial charge < -0.3 is 16.2 Å². The number of anilines is 2. The highest BCUT2D eigenvalue weighted by Gasteiger charge is 2.11. The van der Waals surface area contributed by atoms with Crippen LogP contribution in [0, 0.1) is 0 Å². The third kappa shape index (κ3) is 2.37. The number of carbonyl (C=O) groups excluding carboxylic acids is 1. The lowest BCUT2D eigenvalue weighted by atomic mass is 10.4. The first-order valence-electron chi connectivity index (χ1n) is 5.22. The van der Waals surface area contributed by atoms with E-state index in [4.69, 9.17) is 16.2 Å². The molecular weight excluding hydrogens is 236 g/mol. The molecule has 0 aliphatic heterocycles. The van der Waals surface area contributed by atoms with Crippen molar-refractivity contribution in [3.63, 3.8) is 0 Å². The summed E-state index contributed by atoms with van der Waals surface area (Å²) in [5, 5.41) is 3.99. The molecule has 0 radical (unpaired) electrons. The smallest absolute Gasteiger partial charge is 0.341 e. The lowest BCUT2D eigenvalue weighted by Crippen LogP contribution is -2.06. The summed E-state index contributed by atoms with van der Waals surface area (Å²) in [6, 6.07) is 1.50. The van der Waals surface area contributed by atoms with E-state index in [-0.39, 0.29) is 11.8 Å². The first-order valence-corrected chi connectivity index (χ1v) is 5.22. The van der Waals surface area contributed by atoms with Crippen LogP contribution in [-0.4, -0.2) is 32.3 Å². The van der Waals surface area contributed by atoms with Gasteiger partial charge in [-0.25, -0.2) is 9.48 Å². The fourth-order valence-electron chi connectivity index (χ4n) is 1.36. The van der Waals surface area contributed by atoms with E-state index in [1.165, 1.54) is 23.1 Å². The molecule has 2 rings (SSSR count). The Balaban J connectivity index is 2.32. The van der Waals surface area contributed by atoms with E-state index < -0.39 is 5.97 Å². The minimum Gasteiger partial charge on any atom is -0.462 e. The minimum atomic E-state index is -0.446. The predicted molar refractivity (Wildman–Crippen MR) is 63.9 cm³/mol. The Morgan fingerprint density at radius 3 is 2.89 bits per heavy atom. The average molecular weight is 248 g/mol. The Hall–Kier alpha value is -2.64. The number of carbonyl (C=O) groups is 1. The van der Waals surface area contributed by atoms with Gasteiger partial charge in [-0.3, -0.25) is 0 Å². The lowest BCUT2D eigenvalue weighted by molar-refractivity contribution is 0.0526. The van der Waals surface area contributed by atoms with Gasteiger partial charge in [0.15, 0.2) is 5.82 Å². The summed E-state index contributed by atoms with van der Waals surface area (Å²) in [5.74, 6) is 0.207. The van der Waals surface area contributed by atoms with Crippen LogP contribution in [0.15, 0.2) is 18.5 Å². The standard InChI is InChI=1S/C10H12N6O2/c1-2-18-9(17)6-4-13-16(5-6)8-3-7(11)14-10(12)15-8/h3-5H,2H2,1H3,(H4,11,12,14,15). The van der Waals surface area contributed by atoms with Gasteiger partial charge in [-0.2, -0.15) is 15.1 Å². The van der Waals surface area contributed by atoms with Crippen molar-refractivity contribution in [3.05, 3.63) is 24.0 Å². The number of ether oxygens (including phenoxy) is 1. The van der Waals surface area contributed by atoms with Gasteiger partial charge >= 0.3 is 5.97 Å². The number of nitrogens with two attached hydrogens (primary N) is 2. The van der Waals surface area contributed by atoms with Crippen LogP contribution in [0.25, 0.3) is 5.82 Å². The SMILES string of the molecule is CCOC(=O)c1cnn(-c2cc(N)nc(N)n2)c1. The van der Waals surface area contributed by atoms with Crippen LogP contribution in [0.1, 0.15) is 17.3 Å². The molecule has 94 valence electrons. The van der Waals surface area contributed by atoms with Crippen molar-refractivity contribution >= 4 is 17.7 Å². The van der Waals surface area contributed by atoms with Crippen molar-refractivity contribution in [3.8, 4) is 5.82 Å². The highest BCUT2D eigenvalue weighted by Crippen LogP contribution is 2.10. The summed E-state index contributed by atoms with van der Waals surface area (Å²) in [6.07, 6.45) is 2.87. The molecule has 0 spiro atoms. The van der Waals surface area contributed by atoms with Crippen LogP contribution in [0.4, 0.5) is 11.8 Å². The van der Waals surface area contributed by atoms with Crippen molar-refractivity contribution in [2.45, 2.75) is 6.92 Å². The van der Waals surface area contributed by atoms with E-state index in [0.29, 0.717) is 18.0 Å². The molecule has 0 aromatic carbocycles. The number of nitrogen functional groups attached to an aromatic ring is 2. The van der Waals surface area contributed by atoms with Gasteiger partial charge in [-0.15, -0.1) is 0 Å². The second-order valence-electron chi connectivity index (χ2n) is 3.40. The first-order chi connectivity index (χ1) is 8.60. The fraction of sp³-hybridized carbons (Fsp3) is 0.200. The lowest BCUT2D eigenvalue weighted by Gasteiger charge is -2.02. The normalized spacial score (nSPS) is 10.3. The predicted octanol–water partition coefficient (Wildman–Crippen LogP) is 0.00340. The summed E-state index contributed by atoms with van der Waals surface area (Å²) < 4.78 is 6.23. The molecule has 0 saturated heterocycles. The Morgan fingerprint density at radius 1 is 1.44 bits per heavy atom.